The van der Waals surface area contributed by atoms with Gasteiger partial charge in [-0.2, -0.15) is 0 Å². The van der Waals surface area contributed by atoms with E-state index in [1.165, 1.54) is 5.01 Å². The van der Waals surface area contributed by atoms with Crippen molar-refractivity contribution in [1.29, 1.82) is 0 Å². The van der Waals surface area contributed by atoms with Crippen LogP contribution < -0.4 is 10.4 Å². The molecule has 4 heteroatoms. The number of nitrogens with one attached hydrogen (secondary N) is 1. The lowest BCUT2D eigenvalue weighted by molar-refractivity contribution is -0.130. The van der Waals surface area contributed by atoms with Crippen LogP contribution in [-0.2, 0) is 15.0 Å². The fraction of sp³-hybridized carbons (Fsp3) is 0.176. The summed E-state index contributed by atoms with van der Waals surface area (Å²) in [6.07, 6.45) is 0.422. The second kappa shape index (κ2) is 5.05. The third kappa shape index (κ3) is 1.91. The molecular formula is C17H16N2O2. The summed E-state index contributed by atoms with van der Waals surface area (Å²) in [6, 6.07) is 18.4. The van der Waals surface area contributed by atoms with Crippen LogP contribution in [0.5, 0.6) is 0 Å². The maximum atomic E-state index is 12.9. The summed E-state index contributed by atoms with van der Waals surface area (Å²) < 4.78 is 0. The van der Waals surface area contributed by atoms with Gasteiger partial charge in [0.25, 0.3) is 11.8 Å². The minimum absolute atomic E-state index is 0.229. The maximum absolute atomic E-state index is 12.9. The number of hydrogen-bond donors (Lipinski definition) is 1. The number of carbonyl (C=O) groups excluding carboxylic acids is 2. The number of benzene rings is 2. The Labute approximate surface area is 123 Å². The van der Waals surface area contributed by atoms with Crippen LogP contribution in [-0.4, -0.2) is 11.8 Å². The first-order valence-electron chi connectivity index (χ1n) is 6.96. The highest BCUT2D eigenvalue weighted by atomic mass is 16.2. The summed E-state index contributed by atoms with van der Waals surface area (Å²) in [5.74, 6) is -0.502. The fourth-order valence-electron chi connectivity index (χ4n) is 2.79. The van der Waals surface area contributed by atoms with Gasteiger partial charge in [-0.3, -0.25) is 15.0 Å². The van der Waals surface area contributed by atoms with Crippen molar-refractivity contribution in [3.63, 3.8) is 0 Å². The molecule has 0 bridgehead atoms. The molecule has 0 spiro atoms. The Morgan fingerprint density at radius 1 is 0.952 bits per heavy atom. The van der Waals surface area contributed by atoms with Gasteiger partial charge in [0.05, 0.1) is 5.69 Å². The second-order valence-electron chi connectivity index (χ2n) is 5.04. The van der Waals surface area contributed by atoms with E-state index in [1.807, 2.05) is 55.5 Å². The molecule has 1 N–H and O–H groups in total. The molecule has 21 heavy (non-hydrogen) atoms. The van der Waals surface area contributed by atoms with Gasteiger partial charge in [-0.1, -0.05) is 55.5 Å². The first-order valence-corrected chi connectivity index (χ1v) is 6.96. The van der Waals surface area contributed by atoms with Crippen molar-refractivity contribution >= 4 is 17.5 Å². The lowest BCUT2D eigenvalue weighted by Crippen LogP contribution is -2.40. The summed E-state index contributed by atoms with van der Waals surface area (Å²) in [7, 11) is 0. The Kier molecular flexibility index (Phi) is 3.22. The van der Waals surface area contributed by atoms with Gasteiger partial charge in [0.15, 0.2) is 5.41 Å². The first-order chi connectivity index (χ1) is 10.2. The predicted molar refractivity (Wildman–Crippen MR) is 80.5 cm³/mol. The zero-order valence-electron chi connectivity index (χ0n) is 11.7. The molecule has 2 amide bonds. The van der Waals surface area contributed by atoms with Gasteiger partial charge in [0.1, 0.15) is 0 Å². The zero-order chi connectivity index (χ0) is 14.9. The molecule has 1 aliphatic rings. The van der Waals surface area contributed by atoms with Crippen LogP contribution in [0.15, 0.2) is 60.7 Å². The van der Waals surface area contributed by atoms with Crippen molar-refractivity contribution < 1.29 is 9.59 Å². The number of hydrazine groups is 1. The van der Waals surface area contributed by atoms with Crippen molar-refractivity contribution in [2.24, 2.45) is 0 Å². The summed E-state index contributed by atoms with van der Waals surface area (Å²) in [5.41, 5.74) is 2.96. The average Bonchev–Trinajstić information content (AvgIpc) is 2.81. The monoisotopic (exact) mass is 280 g/mol. The third-order valence-electron chi connectivity index (χ3n) is 3.98. The van der Waals surface area contributed by atoms with Crippen LogP contribution in [0.3, 0.4) is 0 Å². The number of rotatable bonds is 3. The zero-order valence-corrected chi connectivity index (χ0v) is 11.7. The minimum atomic E-state index is -1.14. The Morgan fingerprint density at radius 2 is 1.52 bits per heavy atom. The minimum Gasteiger partial charge on any atom is -0.272 e. The van der Waals surface area contributed by atoms with E-state index >= 15 is 0 Å². The van der Waals surface area contributed by atoms with Crippen LogP contribution in [0.25, 0.3) is 0 Å². The third-order valence-corrected chi connectivity index (χ3v) is 3.98. The molecule has 0 aliphatic carbocycles. The standard InChI is InChI=1S/C17H16N2O2/c1-2-17(13-9-5-3-6-10-13)15(20)18-19(16(17)21)14-11-7-4-8-12-14/h3-12H,2H2,1H3,(H,18,20). The Balaban J connectivity index is 2.08. The molecule has 2 aromatic rings. The Bertz CT molecular complexity index is 670. The number of anilines is 1. The van der Waals surface area contributed by atoms with Crippen molar-refractivity contribution in [3.05, 3.63) is 66.2 Å². The van der Waals surface area contributed by atoms with Crippen molar-refractivity contribution in [2.45, 2.75) is 18.8 Å². The van der Waals surface area contributed by atoms with Gasteiger partial charge in [-0.05, 0) is 24.1 Å². The van der Waals surface area contributed by atoms with Gasteiger partial charge in [-0.25, -0.2) is 5.01 Å². The van der Waals surface area contributed by atoms with E-state index in [9.17, 15) is 9.59 Å². The molecule has 1 fully saturated rings. The van der Waals surface area contributed by atoms with Crippen molar-refractivity contribution in [2.75, 3.05) is 5.01 Å². The SMILES string of the molecule is CCC1(c2ccccc2)C(=O)NN(c2ccccc2)C1=O. The number of para-hydroxylation sites is 1. The van der Waals surface area contributed by atoms with E-state index < -0.39 is 5.41 Å². The van der Waals surface area contributed by atoms with E-state index in [0.29, 0.717) is 12.1 Å². The van der Waals surface area contributed by atoms with Gasteiger partial charge in [0.2, 0.25) is 0 Å². The van der Waals surface area contributed by atoms with Crippen LogP contribution in [0.4, 0.5) is 5.69 Å². The summed E-state index contributed by atoms with van der Waals surface area (Å²) in [4.78, 5) is 25.5. The highest BCUT2D eigenvalue weighted by molar-refractivity contribution is 6.22. The molecule has 0 saturated carbocycles. The van der Waals surface area contributed by atoms with E-state index in [1.54, 1.807) is 12.1 Å². The largest absolute Gasteiger partial charge is 0.272 e. The number of hydrogen-bond acceptors (Lipinski definition) is 2. The van der Waals surface area contributed by atoms with Gasteiger partial charge in [-0.15, -0.1) is 0 Å². The molecule has 2 aromatic carbocycles. The molecule has 3 rings (SSSR count). The molecule has 1 unspecified atom stereocenters. The van der Waals surface area contributed by atoms with Gasteiger partial charge in [0, 0.05) is 0 Å². The molecule has 1 saturated heterocycles. The average molecular weight is 280 g/mol. The fourth-order valence-corrected chi connectivity index (χ4v) is 2.79. The van der Waals surface area contributed by atoms with Gasteiger partial charge < -0.3 is 0 Å². The highest BCUT2D eigenvalue weighted by Gasteiger charge is 2.54. The molecular weight excluding hydrogens is 264 g/mol. The molecule has 1 aliphatic heterocycles. The van der Waals surface area contributed by atoms with Crippen molar-refractivity contribution in [3.8, 4) is 0 Å². The molecule has 0 radical (unpaired) electrons. The summed E-state index contributed by atoms with van der Waals surface area (Å²) in [5, 5.41) is 1.35. The van der Waals surface area contributed by atoms with Crippen LogP contribution in [0.1, 0.15) is 18.9 Å². The van der Waals surface area contributed by atoms with E-state index in [2.05, 4.69) is 5.43 Å². The molecule has 1 atom stereocenters. The number of carbonyl (C=O) groups is 2. The van der Waals surface area contributed by atoms with Crippen LogP contribution in [0.2, 0.25) is 0 Å². The normalized spacial score (nSPS) is 21.5. The van der Waals surface area contributed by atoms with Crippen LogP contribution >= 0.6 is 0 Å². The number of nitrogens with zero attached hydrogens (tertiary/aromatic N) is 1. The molecule has 0 aromatic heterocycles. The molecule has 106 valence electrons. The quantitative estimate of drug-likeness (QED) is 0.878. The Morgan fingerprint density at radius 3 is 2.10 bits per heavy atom. The first kappa shape index (κ1) is 13.4. The number of amides is 2. The lowest BCUT2D eigenvalue weighted by atomic mass is 9.77. The summed E-state index contributed by atoms with van der Waals surface area (Å²) >= 11 is 0. The lowest BCUT2D eigenvalue weighted by Gasteiger charge is -2.23. The smallest absolute Gasteiger partial charge is 0.265 e. The predicted octanol–water partition coefficient (Wildman–Crippen LogP) is 2.41. The van der Waals surface area contributed by atoms with Gasteiger partial charge >= 0.3 is 0 Å². The topological polar surface area (TPSA) is 49.4 Å². The van der Waals surface area contributed by atoms with E-state index in [0.717, 1.165) is 5.56 Å². The van der Waals surface area contributed by atoms with Crippen LogP contribution in [0, 0.1) is 0 Å². The van der Waals surface area contributed by atoms with E-state index in [4.69, 9.17) is 0 Å². The summed E-state index contributed by atoms with van der Waals surface area (Å²) in [6.45, 7) is 1.86. The highest BCUT2D eigenvalue weighted by Crippen LogP contribution is 2.36. The van der Waals surface area contributed by atoms with Crippen molar-refractivity contribution in [1.82, 2.24) is 5.43 Å². The molecule has 1 heterocycles. The second-order valence-corrected chi connectivity index (χ2v) is 5.04. The maximum Gasteiger partial charge on any atom is 0.265 e. The Hall–Kier alpha value is -2.62. The molecule has 4 nitrogen and oxygen atoms in total. The van der Waals surface area contributed by atoms with E-state index in [-0.39, 0.29) is 11.8 Å².